The number of aryl methyl sites for hydroxylation is 1. The van der Waals surface area contributed by atoms with E-state index in [1.54, 1.807) is 6.07 Å². The SMILES string of the molecule is Cc1ccccc1C(=O)OC1=CCCCC1. The molecule has 0 unspecified atom stereocenters. The minimum Gasteiger partial charge on any atom is -0.428 e. The topological polar surface area (TPSA) is 26.3 Å². The quantitative estimate of drug-likeness (QED) is 0.706. The van der Waals surface area contributed by atoms with Crippen LogP contribution in [0.4, 0.5) is 0 Å². The van der Waals surface area contributed by atoms with Crippen molar-refractivity contribution in [1.82, 2.24) is 0 Å². The van der Waals surface area contributed by atoms with Crippen LogP contribution in [0.2, 0.25) is 0 Å². The molecule has 0 aromatic heterocycles. The molecule has 1 aromatic carbocycles. The second kappa shape index (κ2) is 4.97. The molecule has 1 aliphatic carbocycles. The number of allylic oxidation sites excluding steroid dienone is 2. The summed E-state index contributed by atoms with van der Waals surface area (Å²) in [5, 5.41) is 0. The number of hydrogen-bond acceptors (Lipinski definition) is 2. The first kappa shape index (κ1) is 10.9. The fourth-order valence-electron chi connectivity index (χ4n) is 1.88. The van der Waals surface area contributed by atoms with Crippen LogP contribution in [0.3, 0.4) is 0 Å². The van der Waals surface area contributed by atoms with Crippen LogP contribution in [0.25, 0.3) is 0 Å². The zero-order valence-corrected chi connectivity index (χ0v) is 9.53. The molecule has 0 saturated heterocycles. The molecule has 0 saturated carbocycles. The van der Waals surface area contributed by atoms with Crippen molar-refractivity contribution in [3.63, 3.8) is 0 Å². The summed E-state index contributed by atoms with van der Waals surface area (Å²) in [7, 11) is 0. The zero-order valence-electron chi connectivity index (χ0n) is 9.53. The average molecular weight is 216 g/mol. The number of benzene rings is 1. The zero-order chi connectivity index (χ0) is 11.4. The van der Waals surface area contributed by atoms with Gasteiger partial charge in [0.15, 0.2) is 0 Å². The van der Waals surface area contributed by atoms with E-state index in [0.29, 0.717) is 5.56 Å². The molecule has 2 nitrogen and oxygen atoms in total. The molecule has 2 heteroatoms. The predicted molar refractivity (Wildman–Crippen MR) is 63.1 cm³/mol. The Morgan fingerprint density at radius 1 is 1.25 bits per heavy atom. The number of carbonyl (C=O) groups excluding carboxylic acids is 1. The maximum absolute atomic E-state index is 11.9. The van der Waals surface area contributed by atoms with Crippen LogP contribution in [0.1, 0.15) is 41.6 Å². The lowest BCUT2D eigenvalue weighted by Gasteiger charge is -2.13. The van der Waals surface area contributed by atoms with Crippen molar-refractivity contribution in [1.29, 1.82) is 0 Å². The van der Waals surface area contributed by atoms with Gasteiger partial charge in [0.1, 0.15) is 5.76 Å². The van der Waals surface area contributed by atoms with Crippen molar-refractivity contribution in [3.05, 3.63) is 47.2 Å². The van der Waals surface area contributed by atoms with Crippen LogP contribution in [0, 0.1) is 6.92 Å². The van der Waals surface area contributed by atoms with Crippen molar-refractivity contribution in [3.8, 4) is 0 Å². The minimum atomic E-state index is -0.230. The molecule has 84 valence electrons. The molecule has 16 heavy (non-hydrogen) atoms. The summed E-state index contributed by atoms with van der Waals surface area (Å²) >= 11 is 0. The standard InChI is InChI=1S/C14H16O2/c1-11-7-5-6-10-13(11)14(15)16-12-8-3-2-4-9-12/h5-8,10H,2-4,9H2,1H3. The van der Waals surface area contributed by atoms with Crippen LogP contribution in [0.15, 0.2) is 36.1 Å². The highest BCUT2D eigenvalue weighted by molar-refractivity contribution is 5.91. The highest BCUT2D eigenvalue weighted by Gasteiger charge is 2.13. The summed E-state index contributed by atoms with van der Waals surface area (Å²) in [6.07, 6.45) is 6.26. The Kier molecular flexibility index (Phi) is 3.40. The van der Waals surface area contributed by atoms with Gasteiger partial charge < -0.3 is 4.74 Å². The smallest absolute Gasteiger partial charge is 0.343 e. The summed E-state index contributed by atoms with van der Waals surface area (Å²) in [5.74, 6) is 0.603. The van der Waals surface area contributed by atoms with Crippen molar-refractivity contribution in [2.24, 2.45) is 0 Å². The Labute approximate surface area is 95.9 Å². The van der Waals surface area contributed by atoms with Crippen LogP contribution >= 0.6 is 0 Å². The van der Waals surface area contributed by atoms with E-state index in [9.17, 15) is 4.79 Å². The van der Waals surface area contributed by atoms with Crippen LogP contribution < -0.4 is 0 Å². The molecule has 0 bridgehead atoms. The van der Waals surface area contributed by atoms with E-state index in [4.69, 9.17) is 4.74 Å². The van der Waals surface area contributed by atoms with Crippen LogP contribution in [0.5, 0.6) is 0 Å². The second-order valence-electron chi connectivity index (χ2n) is 4.12. The Morgan fingerprint density at radius 2 is 2.06 bits per heavy atom. The summed E-state index contributed by atoms with van der Waals surface area (Å²) in [4.78, 5) is 11.9. The van der Waals surface area contributed by atoms with E-state index in [-0.39, 0.29) is 5.97 Å². The highest BCUT2D eigenvalue weighted by atomic mass is 16.5. The average Bonchev–Trinajstić information content (AvgIpc) is 2.31. The lowest BCUT2D eigenvalue weighted by atomic mass is 10.1. The summed E-state index contributed by atoms with van der Waals surface area (Å²) in [6.45, 7) is 1.92. The van der Waals surface area contributed by atoms with Gasteiger partial charge in [0.2, 0.25) is 0 Å². The minimum absolute atomic E-state index is 0.230. The van der Waals surface area contributed by atoms with E-state index in [1.807, 2.05) is 31.2 Å². The summed E-state index contributed by atoms with van der Waals surface area (Å²) in [5.41, 5.74) is 1.62. The Hall–Kier alpha value is -1.57. The number of hydrogen-bond donors (Lipinski definition) is 0. The van der Waals surface area contributed by atoms with Gasteiger partial charge in [0, 0.05) is 6.42 Å². The Balaban J connectivity index is 2.08. The summed E-state index contributed by atoms with van der Waals surface area (Å²) in [6, 6.07) is 7.51. The van der Waals surface area contributed by atoms with E-state index < -0.39 is 0 Å². The lowest BCUT2D eigenvalue weighted by Crippen LogP contribution is -2.08. The van der Waals surface area contributed by atoms with Crippen molar-refractivity contribution >= 4 is 5.97 Å². The monoisotopic (exact) mass is 216 g/mol. The molecule has 0 N–H and O–H groups in total. The van der Waals surface area contributed by atoms with E-state index in [1.165, 1.54) is 6.42 Å². The molecule has 0 aliphatic heterocycles. The molecule has 0 radical (unpaired) electrons. The fraction of sp³-hybridized carbons (Fsp3) is 0.357. The largest absolute Gasteiger partial charge is 0.428 e. The predicted octanol–water partition coefficient (Wildman–Crippen LogP) is 3.61. The van der Waals surface area contributed by atoms with Gasteiger partial charge in [-0.1, -0.05) is 18.2 Å². The Morgan fingerprint density at radius 3 is 2.75 bits per heavy atom. The number of rotatable bonds is 2. The molecule has 2 rings (SSSR count). The van der Waals surface area contributed by atoms with E-state index in [0.717, 1.165) is 30.6 Å². The van der Waals surface area contributed by atoms with Crippen LogP contribution in [-0.2, 0) is 4.74 Å². The van der Waals surface area contributed by atoms with Gasteiger partial charge in [-0.05, 0) is 43.9 Å². The first-order valence-electron chi connectivity index (χ1n) is 5.74. The van der Waals surface area contributed by atoms with Crippen molar-refractivity contribution in [2.45, 2.75) is 32.6 Å². The fourth-order valence-corrected chi connectivity index (χ4v) is 1.88. The van der Waals surface area contributed by atoms with E-state index >= 15 is 0 Å². The second-order valence-corrected chi connectivity index (χ2v) is 4.12. The molecule has 0 amide bonds. The lowest BCUT2D eigenvalue weighted by molar-refractivity contribution is 0.0607. The van der Waals surface area contributed by atoms with Gasteiger partial charge in [0.25, 0.3) is 0 Å². The number of ether oxygens (including phenoxy) is 1. The molecule has 0 spiro atoms. The molecule has 0 heterocycles. The van der Waals surface area contributed by atoms with Crippen molar-refractivity contribution < 1.29 is 9.53 Å². The molecule has 0 fully saturated rings. The highest BCUT2D eigenvalue weighted by Crippen LogP contribution is 2.20. The Bertz CT molecular complexity index is 418. The maximum Gasteiger partial charge on any atom is 0.343 e. The molecule has 1 aliphatic rings. The number of carbonyl (C=O) groups is 1. The third kappa shape index (κ3) is 2.51. The van der Waals surface area contributed by atoms with Crippen LogP contribution in [-0.4, -0.2) is 5.97 Å². The third-order valence-corrected chi connectivity index (χ3v) is 2.84. The molecular formula is C14H16O2. The van der Waals surface area contributed by atoms with Gasteiger partial charge in [-0.3, -0.25) is 0 Å². The van der Waals surface area contributed by atoms with E-state index in [2.05, 4.69) is 0 Å². The first-order valence-corrected chi connectivity index (χ1v) is 5.74. The maximum atomic E-state index is 11.9. The molecule has 0 atom stereocenters. The first-order chi connectivity index (χ1) is 7.77. The van der Waals surface area contributed by atoms with Gasteiger partial charge >= 0.3 is 5.97 Å². The number of esters is 1. The van der Waals surface area contributed by atoms with Gasteiger partial charge in [-0.15, -0.1) is 0 Å². The molecular weight excluding hydrogens is 200 g/mol. The third-order valence-electron chi connectivity index (χ3n) is 2.84. The van der Waals surface area contributed by atoms with Gasteiger partial charge in [-0.2, -0.15) is 0 Å². The van der Waals surface area contributed by atoms with Crippen molar-refractivity contribution in [2.75, 3.05) is 0 Å². The van der Waals surface area contributed by atoms with Gasteiger partial charge in [0.05, 0.1) is 5.56 Å². The normalized spacial score (nSPS) is 15.4. The summed E-state index contributed by atoms with van der Waals surface area (Å²) < 4.78 is 5.38. The van der Waals surface area contributed by atoms with Gasteiger partial charge in [-0.25, -0.2) is 4.79 Å². The molecule has 1 aromatic rings.